The summed E-state index contributed by atoms with van der Waals surface area (Å²) >= 11 is 0. The summed E-state index contributed by atoms with van der Waals surface area (Å²) in [5.74, 6) is 0. The van der Waals surface area contributed by atoms with Gasteiger partial charge < -0.3 is 5.73 Å². The van der Waals surface area contributed by atoms with E-state index in [-0.39, 0.29) is 0 Å². The van der Waals surface area contributed by atoms with Crippen LogP contribution >= 0.6 is 0 Å². The van der Waals surface area contributed by atoms with E-state index >= 15 is 0 Å². The van der Waals surface area contributed by atoms with E-state index in [2.05, 4.69) is 4.98 Å². The van der Waals surface area contributed by atoms with E-state index in [1.165, 1.54) is 0 Å². The van der Waals surface area contributed by atoms with Crippen LogP contribution < -0.4 is 5.73 Å². The SMILES string of the molecule is CC=Cc1ccc2cccnc2c1N. The van der Waals surface area contributed by atoms with E-state index < -0.39 is 0 Å². The second kappa shape index (κ2) is 3.50. The number of benzene rings is 1. The molecule has 0 saturated heterocycles. The van der Waals surface area contributed by atoms with Gasteiger partial charge in [0.1, 0.15) is 0 Å². The number of aromatic nitrogens is 1. The van der Waals surface area contributed by atoms with Crippen LogP contribution in [-0.4, -0.2) is 4.98 Å². The molecule has 0 amide bonds. The number of pyridine rings is 1. The lowest BCUT2D eigenvalue weighted by Crippen LogP contribution is -1.92. The van der Waals surface area contributed by atoms with Crippen LogP contribution in [0.15, 0.2) is 36.5 Å². The van der Waals surface area contributed by atoms with E-state index in [9.17, 15) is 0 Å². The van der Waals surface area contributed by atoms with Gasteiger partial charge >= 0.3 is 0 Å². The van der Waals surface area contributed by atoms with Gasteiger partial charge in [0.2, 0.25) is 0 Å². The third kappa shape index (κ3) is 1.35. The average molecular weight is 184 g/mol. The predicted molar refractivity (Wildman–Crippen MR) is 60.9 cm³/mol. The van der Waals surface area contributed by atoms with Gasteiger partial charge in [-0.05, 0) is 18.6 Å². The van der Waals surface area contributed by atoms with Gasteiger partial charge in [0.15, 0.2) is 0 Å². The number of hydrogen-bond donors (Lipinski definition) is 1. The van der Waals surface area contributed by atoms with Gasteiger partial charge in [-0.1, -0.05) is 30.4 Å². The number of nitrogens with two attached hydrogens (primary N) is 1. The van der Waals surface area contributed by atoms with Crippen molar-refractivity contribution in [2.45, 2.75) is 6.92 Å². The zero-order valence-electron chi connectivity index (χ0n) is 8.07. The zero-order valence-corrected chi connectivity index (χ0v) is 8.07. The minimum absolute atomic E-state index is 0.751. The summed E-state index contributed by atoms with van der Waals surface area (Å²) in [5, 5.41) is 1.08. The number of allylic oxidation sites excluding steroid dienone is 1. The normalized spacial score (nSPS) is 11.2. The number of rotatable bonds is 1. The molecule has 1 aromatic carbocycles. The van der Waals surface area contributed by atoms with Crippen LogP contribution in [0.25, 0.3) is 17.0 Å². The maximum Gasteiger partial charge on any atom is 0.0937 e. The highest BCUT2D eigenvalue weighted by molar-refractivity contribution is 5.93. The highest BCUT2D eigenvalue weighted by atomic mass is 14.7. The molecular weight excluding hydrogens is 172 g/mol. The average Bonchev–Trinajstić information content (AvgIpc) is 2.23. The quantitative estimate of drug-likeness (QED) is 0.692. The summed E-state index contributed by atoms with van der Waals surface area (Å²) in [5.41, 5.74) is 8.65. The predicted octanol–water partition coefficient (Wildman–Crippen LogP) is 2.85. The minimum Gasteiger partial charge on any atom is -0.396 e. The number of hydrogen-bond acceptors (Lipinski definition) is 2. The Morgan fingerprint density at radius 1 is 1.29 bits per heavy atom. The first-order valence-electron chi connectivity index (χ1n) is 4.59. The molecule has 0 aliphatic carbocycles. The fourth-order valence-electron chi connectivity index (χ4n) is 1.51. The summed E-state index contributed by atoms with van der Waals surface area (Å²) in [6.07, 6.45) is 5.72. The van der Waals surface area contributed by atoms with E-state index in [4.69, 9.17) is 5.73 Å². The minimum atomic E-state index is 0.751. The maximum atomic E-state index is 5.99. The Balaban J connectivity index is 2.75. The standard InChI is InChI=1S/C12H12N2/c1-2-4-9-6-7-10-5-3-8-14-12(10)11(9)13/h2-8H,13H2,1H3. The van der Waals surface area contributed by atoms with Crippen LogP contribution in [0.1, 0.15) is 12.5 Å². The molecule has 0 spiro atoms. The molecule has 14 heavy (non-hydrogen) atoms. The highest BCUT2D eigenvalue weighted by Crippen LogP contribution is 2.23. The lowest BCUT2D eigenvalue weighted by Gasteiger charge is -2.04. The van der Waals surface area contributed by atoms with Gasteiger partial charge in [-0.2, -0.15) is 0 Å². The van der Waals surface area contributed by atoms with Crippen molar-refractivity contribution in [3.8, 4) is 0 Å². The van der Waals surface area contributed by atoms with E-state index in [0.717, 1.165) is 22.2 Å². The van der Waals surface area contributed by atoms with Gasteiger partial charge in [0.05, 0.1) is 11.2 Å². The van der Waals surface area contributed by atoms with Crippen molar-refractivity contribution in [1.29, 1.82) is 0 Å². The lowest BCUT2D eigenvalue weighted by molar-refractivity contribution is 1.41. The van der Waals surface area contributed by atoms with Crippen molar-refractivity contribution >= 4 is 22.7 Å². The molecule has 1 aromatic heterocycles. The van der Waals surface area contributed by atoms with E-state index in [1.54, 1.807) is 6.20 Å². The Morgan fingerprint density at radius 2 is 2.14 bits per heavy atom. The Bertz CT molecular complexity index is 487. The highest BCUT2D eigenvalue weighted by Gasteiger charge is 2.01. The Labute approximate surface area is 83.1 Å². The van der Waals surface area contributed by atoms with Crippen LogP contribution in [0.3, 0.4) is 0 Å². The molecule has 0 saturated carbocycles. The van der Waals surface area contributed by atoms with Gasteiger partial charge in [-0.15, -0.1) is 0 Å². The first-order chi connectivity index (χ1) is 6.83. The first kappa shape index (κ1) is 8.75. The van der Waals surface area contributed by atoms with Crippen LogP contribution in [-0.2, 0) is 0 Å². The molecule has 0 radical (unpaired) electrons. The van der Waals surface area contributed by atoms with Crippen molar-refractivity contribution < 1.29 is 0 Å². The van der Waals surface area contributed by atoms with Crippen LogP contribution in [0.2, 0.25) is 0 Å². The molecule has 2 rings (SSSR count). The Morgan fingerprint density at radius 3 is 2.93 bits per heavy atom. The summed E-state index contributed by atoms with van der Waals surface area (Å²) < 4.78 is 0. The van der Waals surface area contributed by atoms with Gasteiger partial charge in [0.25, 0.3) is 0 Å². The molecule has 0 aliphatic heterocycles. The number of anilines is 1. The molecule has 2 aromatic rings. The molecular formula is C12H12N2. The molecule has 2 N–H and O–H groups in total. The smallest absolute Gasteiger partial charge is 0.0937 e. The van der Waals surface area contributed by atoms with E-state index in [0.29, 0.717) is 0 Å². The second-order valence-electron chi connectivity index (χ2n) is 3.14. The molecule has 70 valence electrons. The zero-order chi connectivity index (χ0) is 9.97. The molecule has 0 fully saturated rings. The van der Waals surface area contributed by atoms with Gasteiger partial charge in [0, 0.05) is 11.6 Å². The fourth-order valence-corrected chi connectivity index (χ4v) is 1.51. The molecule has 0 aliphatic rings. The van der Waals surface area contributed by atoms with Crippen molar-refractivity contribution in [3.63, 3.8) is 0 Å². The van der Waals surface area contributed by atoms with E-state index in [1.807, 2.05) is 43.3 Å². The van der Waals surface area contributed by atoms with Crippen LogP contribution in [0, 0.1) is 0 Å². The Hall–Kier alpha value is -1.83. The molecule has 2 nitrogen and oxygen atoms in total. The maximum absolute atomic E-state index is 5.99. The van der Waals surface area contributed by atoms with Crippen molar-refractivity contribution in [1.82, 2.24) is 4.98 Å². The molecule has 0 unspecified atom stereocenters. The molecule has 0 bridgehead atoms. The largest absolute Gasteiger partial charge is 0.396 e. The summed E-state index contributed by atoms with van der Waals surface area (Å²) in [7, 11) is 0. The third-order valence-corrected chi connectivity index (χ3v) is 2.19. The number of nitrogens with zero attached hydrogens (tertiary/aromatic N) is 1. The number of nitrogen functional groups attached to an aromatic ring is 1. The lowest BCUT2D eigenvalue weighted by atomic mass is 10.1. The summed E-state index contributed by atoms with van der Waals surface area (Å²) in [4.78, 5) is 4.26. The topological polar surface area (TPSA) is 38.9 Å². The third-order valence-electron chi connectivity index (χ3n) is 2.19. The molecule has 2 heteroatoms. The van der Waals surface area contributed by atoms with Gasteiger partial charge in [-0.25, -0.2) is 0 Å². The first-order valence-corrected chi connectivity index (χ1v) is 4.59. The van der Waals surface area contributed by atoms with Crippen LogP contribution in [0.5, 0.6) is 0 Å². The Kier molecular flexibility index (Phi) is 2.19. The summed E-state index contributed by atoms with van der Waals surface area (Å²) in [6.45, 7) is 1.97. The number of fused-ring (bicyclic) bond motifs is 1. The van der Waals surface area contributed by atoms with Crippen molar-refractivity contribution in [2.24, 2.45) is 0 Å². The monoisotopic (exact) mass is 184 g/mol. The van der Waals surface area contributed by atoms with Crippen molar-refractivity contribution in [2.75, 3.05) is 5.73 Å². The van der Waals surface area contributed by atoms with Gasteiger partial charge in [-0.3, -0.25) is 4.98 Å². The fraction of sp³-hybridized carbons (Fsp3) is 0.0833. The van der Waals surface area contributed by atoms with Crippen LogP contribution in [0.4, 0.5) is 5.69 Å². The van der Waals surface area contributed by atoms with Crippen molar-refractivity contribution in [3.05, 3.63) is 42.1 Å². The molecule has 1 heterocycles. The molecule has 0 atom stereocenters. The summed E-state index contributed by atoms with van der Waals surface area (Å²) in [6, 6.07) is 7.97. The second-order valence-corrected chi connectivity index (χ2v) is 3.14.